The van der Waals surface area contributed by atoms with Crippen molar-refractivity contribution in [1.29, 1.82) is 0 Å². The Balaban J connectivity index is 2.91. The van der Waals surface area contributed by atoms with E-state index in [1.54, 1.807) is 0 Å². The van der Waals surface area contributed by atoms with Gasteiger partial charge >= 0.3 is 10.1 Å². The molecule has 0 fully saturated rings. The second kappa shape index (κ2) is 2.89. The smallest absolute Gasteiger partial charge is 0.307 e. The van der Waals surface area contributed by atoms with E-state index >= 15 is 0 Å². The maximum atomic E-state index is 10.6. The maximum absolute atomic E-state index is 10.6. The van der Waals surface area contributed by atoms with Crippen LogP contribution in [0, 0.1) is 0 Å². The zero-order valence-corrected chi connectivity index (χ0v) is 6.95. The standard InChI is InChI=1S/C4H6N4O3S/c1-12(9,10)11-3-2-6-8-4(5)7-3/h2H,1H3,(H2,5,7,8). The Morgan fingerprint density at radius 3 is 2.75 bits per heavy atom. The second-order valence-corrected chi connectivity index (χ2v) is 3.52. The summed E-state index contributed by atoms with van der Waals surface area (Å²) < 4.78 is 25.5. The van der Waals surface area contributed by atoms with Gasteiger partial charge in [-0.2, -0.15) is 13.4 Å². The van der Waals surface area contributed by atoms with E-state index in [2.05, 4.69) is 19.4 Å². The molecule has 2 N–H and O–H groups in total. The van der Waals surface area contributed by atoms with Gasteiger partial charge in [0.2, 0.25) is 5.95 Å². The first-order chi connectivity index (χ1) is 5.47. The van der Waals surface area contributed by atoms with Crippen LogP contribution in [0.4, 0.5) is 5.95 Å². The van der Waals surface area contributed by atoms with E-state index in [9.17, 15) is 8.42 Å². The Bertz CT molecular complexity index is 376. The van der Waals surface area contributed by atoms with Crippen molar-refractivity contribution in [3.05, 3.63) is 6.20 Å². The van der Waals surface area contributed by atoms with Crippen LogP contribution < -0.4 is 9.92 Å². The maximum Gasteiger partial charge on any atom is 0.307 e. The van der Waals surface area contributed by atoms with Crippen LogP contribution in [0.5, 0.6) is 5.88 Å². The highest BCUT2D eigenvalue weighted by molar-refractivity contribution is 7.86. The lowest BCUT2D eigenvalue weighted by Gasteiger charge is -1.99. The first-order valence-corrected chi connectivity index (χ1v) is 4.64. The van der Waals surface area contributed by atoms with Crippen LogP contribution in [0.2, 0.25) is 0 Å². The first kappa shape index (κ1) is 8.65. The van der Waals surface area contributed by atoms with Gasteiger partial charge in [0.15, 0.2) is 0 Å². The van der Waals surface area contributed by atoms with Gasteiger partial charge in [-0.1, -0.05) is 0 Å². The van der Waals surface area contributed by atoms with Crippen molar-refractivity contribution < 1.29 is 12.6 Å². The third-order valence-corrected chi connectivity index (χ3v) is 1.26. The van der Waals surface area contributed by atoms with E-state index in [1.165, 1.54) is 0 Å². The fraction of sp³-hybridized carbons (Fsp3) is 0.250. The molecule has 0 spiro atoms. The highest BCUT2D eigenvalue weighted by atomic mass is 32.2. The summed E-state index contributed by atoms with van der Waals surface area (Å²) >= 11 is 0. The molecule has 8 heteroatoms. The minimum atomic E-state index is -3.58. The van der Waals surface area contributed by atoms with Gasteiger partial charge in [0.05, 0.1) is 6.26 Å². The Morgan fingerprint density at radius 2 is 2.25 bits per heavy atom. The summed E-state index contributed by atoms with van der Waals surface area (Å²) in [6, 6.07) is 0. The van der Waals surface area contributed by atoms with Gasteiger partial charge in [-0.3, -0.25) is 0 Å². The topological polar surface area (TPSA) is 108 Å². The van der Waals surface area contributed by atoms with Crippen LogP contribution in [-0.4, -0.2) is 29.9 Å². The molecule has 0 radical (unpaired) electrons. The lowest BCUT2D eigenvalue weighted by Crippen LogP contribution is -2.08. The highest BCUT2D eigenvalue weighted by Gasteiger charge is 2.05. The van der Waals surface area contributed by atoms with Crippen molar-refractivity contribution >= 4 is 16.1 Å². The average Bonchev–Trinajstić information content (AvgIpc) is 1.82. The van der Waals surface area contributed by atoms with Crippen molar-refractivity contribution in [2.75, 3.05) is 12.0 Å². The van der Waals surface area contributed by atoms with Gasteiger partial charge in [0, 0.05) is 0 Å². The molecule has 1 aromatic rings. The SMILES string of the molecule is CS(=O)(=O)Oc1cnnc(N)n1. The zero-order valence-electron chi connectivity index (χ0n) is 6.13. The summed E-state index contributed by atoms with van der Waals surface area (Å²) in [6.45, 7) is 0. The van der Waals surface area contributed by atoms with E-state index in [1.807, 2.05) is 0 Å². The summed E-state index contributed by atoms with van der Waals surface area (Å²) in [5.41, 5.74) is 5.12. The van der Waals surface area contributed by atoms with Crippen LogP contribution in [0.25, 0.3) is 0 Å². The molecule has 0 aromatic carbocycles. The van der Waals surface area contributed by atoms with E-state index in [-0.39, 0.29) is 11.8 Å². The van der Waals surface area contributed by atoms with Crippen molar-refractivity contribution in [3.63, 3.8) is 0 Å². The molecule has 0 saturated heterocycles. The monoisotopic (exact) mass is 190 g/mol. The lowest BCUT2D eigenvalue weighted by atomic mass is 10.8. The highest BCUT2D eigenvalue weighted by Crippen LogP contribution is 2.05. The normalized spacial score (nSPS) is 11.1. The minimum Gasteiger partial charge on any atom is -0.366 e. The minimum absolute atomic E-state index is 0.142. The van der Waals surface area contributed by atoms with Gasteiger partial charge in [-0.25, -0.2) is 0 Å². The third kappa shape index (κ3) is 2.66. The van der Waals surface area contributed by atoms with E-state index in [0.29, 0.717) is 0 Å². The Morgan fingerprint density at radius 1 is 1.58 bits per heavy atom. The number of nitrogen functional groups attached to an aromatic ring is 1. The fourth-order valence-electron chi connectivity index (χ4n) is 0.497. The van der Waals surface area contributed by atoms with Crippen LogP contribution in [-0.2, 0) is 10.1 Å². The fourth-order valence-corrected chi connectivity index (χ4v) is 0.887. The molecule has 0 aliphatic rings. The number of nitrogens with two attached hydrogens (primary N) is 1. The molecule has 0 atom stereocenters. The van der Waals surface area contributed by atoms with Gasteiger partial charge in [-0.15, -0.1) is 10.2 Å². The van der Waals surface area contributed by atoms with E-state index < -0.39 is 10.1 Å². The van der Waals surface area contributed by atoms with Crippen LogP contribution in [0.15, 0.2) is 6.20 Å². The molecule has 1 heterocycles. The Labute approximate surface area is 68.7 Å². The van der Waals surface area contributed by atoms with Crippen LogP contribution >= 0.6 is 0 Å². The number of anilines is 1. The second-order valence-electron chi connectivity index (χ2n) is 1.94. The summed E-state index contributed by atoms with van der Waals surface area (Å²) in [6.07, 6.45) is 1.95. The molecule has 0 aliphatic carbocycles. The summed E-state index contributed by atoms with van der Waals surface area (Å²) in [4.78, 5) is 3.46. The molecule has 0 amide bonds. The van der Waals surface area contributed by atoms with Gasteiger partial charge in [-0.05, 0) is 0 Å². The van der Waals surface area contributed by atoms with Crippen molar-refractivity contribution in [2.24, 2.45) is 0 Å². The molecule has 0 bridgehead atoms. The summed E-state index contributed by atoms with van der Waals surface area (Å²) in [5, 5.41) is 6.65. The third-order valence-electron chi connectivity index (χ3n) is 0.790. The predicted molar refractivity (Wildman–Crippen MR) is 39.7 cm³/mol. The predicted octanol–water partition coefficient (Wildman–Crippen LogP) is -1.21. The molecule has 1 rings (SSSR count). The number of aromatic nitrogens is 3. The van der Waals surface area contributed by atoms with E-state index in [0.717, 1.165) is 12.5 Å². The van der Waals surface area contributed by atoms with Crippen molar-refractivity contribution in [3.8, 4) is 5.88 Å². The molecule has 0 saturated carbocycles. The van der Waals surface area contributed by atoms with Crippen molar-refractivity contribution in [2.45, 2.75) is 0 Å². The Kier molecular flexibility index (Phi) is 2.09. The summed E-state index contributed by atoms with van der Waals surface area (Å²) in [7, 11) is -3.58. The molecule has 0 aliphatic heterocycles. The van der Waals surface area contributed by atoms with Gasteiger partial charge in [0.25, 0.3) is 5.88 Å². The lowest BCUT2D eigenvalue weighted by molar-refractivity contribution is 0.480. The molecular weight excluding hydrogens is 184 g/mol. The van der Waals surface area contributed by atoms with E-state index in [4.69, 9.17) is 5.73 Å². The zero-order chi connectivity index (χ0) is 9.19. The number of hydrogen-bond donors (Lipinski definition) is 1. The Hall–Kier alpha value is -1.44. The van der Waals surface area contributed by atoms with Gasteiger partial charge < -0.3 is 9.92 Å². The first-order valence-electron chi connectivity index (χ1n) is 2.82. The molecule has 12 heavy (non-hydrogen) atoms. The van der Waals surface area contributed by atoms with Gasteiger partial charge in [0.1, 0.15) is 6.20 Å². The molecule has 7 nitrogen and oxygen atoms in total. The number of rotatable bonds is 2. The van der Waals surface area contributed by atoms with Crippen molar-refractivity contribution in [1.82, 2.24) is 15.2 Å². The number of nitrogens with zero attached hydrogens (tertiary/aromatic N) is 3. The molecule has 1 aromatic heterocycles. The molecular formula is C4H6N4O3S. The largest absolute Gasteiger partial charge is 0.366 e. The van der Waals surface area contributed by atoms with Crippen LogP contribution in [0.3, 0.4) is 0 Å². The van der Waals surface area contributed by atoms with Crippen LogP contribution in [0.1, 0.15) is 0 Å². The molecule has 0 unspecified atom stereocenters. The quantitative estimate of drug-likeness (QED) is 0.583. The number of hydrogen-bond acceptors (Lipinski definition) is 7. The summed E-state index contributed by atoms with van der Waals surface area (Å²) in [5.74, 6) is -0.332. The molecule has 66 valence electrons. The average molecular weight is 190 g/mol.